The van der Waals surface area contributed by atoms with E-state index < -0.39 is 11.7 Å². The van der Waals surface area contributed by atoms with E-state index in [1.165, 1.54) is 17.8 Å². The largest absolute Gasteiger partial charge is 0.344 e. The van der Waals surface area contributed by atoms with Gasteiger partial charge < -0.3 is 4.90 Å². The number of hydrogen-bond acceptors (Lipinski definition) is 4. The molecule has 1 amide bonds. The van der Waals surface area contributed by atoms with Crippen molar-refractivity contribution in [3.8, 4) is 6.07 Å². The summed E-state index contributed by atoms with van der Waals surface area (Å²) >= 11 is 7.49. The zero-order valence-electron chi connectivity index (χ0n) is 14.2. The molecule has 136 valence electrons. The van der Waals surface area contributed by atoms with E-state index >= 15 is 0 Å². The molecule has 0 aromatic heterocycles. The molecule has 4 rings (SSSR count). The number of fused-ring (bicyclic) bond motifs is 1. The number of thioether (sulfide) groups is 1. The third-order valence-electron chi connectivity index (χ3n) is 4.75. The fraction of sp³-hybridized carbons (Fsp3) is 0.200. The van der Waals surface area contributed by atoms with Crippen LogP contribution in [-0.2, 0) is 4.79 Å². The lowest BCUT2D eigenvalue weighted by Gasteiger charge is -2.42. The Hall–Kier alpha value is -2.49. The van der Waals surface area contributed by atoms with Crippen LogP contribution < -0.4 is 4.90 Å². The predicted octanol–water partition coefficient (Wildman–Crippen LogP) is 4.70. The van der Waals surface area contributed by atoms with Crippen molar-refractivity contribution in [2.45, 2.75) is 12.3 Å². The van der Waals surface area contributed by atoms with Crippen molar-refractivity contribution in [2.24, 2.45) is 0 Å². The molecule has 2 aliphatic heterocycles. The van der Waals surface area contributed by atoms with Gasteiger partial charge in [-0.25, -0.2) is 4.39 Å². The van der Waals surface area contributed by atoms with Crippen LogP contribution in [0.3, 0.4) is 0 Å². The summed E-state index contributed by atoms with van der Waals surface area (Å²) in [5.74, 6) is -0.468. The van der Waals surface area contributed by atoms with Gasteiger partial charge in [-0.05, 0) is 29.8 Å². The minimum atomic E-state index is -0.542. The zero-order chi connectivity index (χ0) is 19.0. The third-order valence-corrected chi connectivity index (χ3v) is 6.14. The molecule has 4 nitrogen and oxygen atoms in total. The fourth-order valence-electron chi connectivity index (χ4n) is 3.42. The zero-order valence-corrected chi connectivity index (χ0v) is 15.8. The molecule has 1 saturated heterocycles. The Morgan fingerprint density at radius 1 is 1.22 bits per heavy atom. The molecule has 0 radical (unpaired) electrons. The standard InChI is InChI=1S/C20H15ClFN3OS/c21-13-4-3-5-14(8-13)24-11-25-19(26)9-16(15-6-1-2-7-18(15)22)17(10-23)20(25)27-12-24/h1-8,16H,9,11-12H2/t16-/m0/s1. The Morgan fingerprint density at radius 3 is 2.78 bits per heavy atom. The number of carbonyl (C=O) groups excluding carboxylic acids is 1. The van der Waals surface area contributed by atoms with Gasteiger partial charge in [0.25, 0.3) is 0 Å². The van der Waals surface area contributed by atoms with E-state index in [2.05, 4.69) is 6.07 Å². The van der Waals surface area contributed by atoms with Crippen LogP contribution in [0, 0.1) is 17.1 Å². The van der Waals surface area contributed by atoms with Crippen molar-refractivity contribution in [2.75, 3.05) is 17.4 Å². The summed E-state index contributed by atoms with van der Waals surface area (Å²) in [5.41, 5.74) is 1.76. The van der Waals surface area contributed by atoms with Crippen molar-refractivity contribution >= 4 is 35.0 Å². The molecule has 2 aromatic carbocycles. The molecule has 0 aliphatic carbocycles. The minimum absolute atomic E-state index is 0.0806. The molecule has 1 atom stereocenters. The maximum atomic E-state index is 14.3. The fourth-order valence-corrected chi connectivity index (χ4v) is 4.77. The Labute approximate surface area is 165 Å². The van der Waals surface area contributed by atoms with Crippen LogP contribution in [0.2, 0.25) is 5.02 Å². The third kappa shape index (κ3) is 3.29. The summed E-state index contributed by atoms with van der Waals surface area (Å²) in [6.45, 7) is 0.344. The summed E-state index contributed by atoms with van der Waals surface area (Å²) in [7, 11) is 0. The lowest BCUT2D eigenvalue weighted by Crippen LogP contribution is -2.47. The number of anilines is 1. The van der Waals surface area contributed by atoms with Gasteiger partial charge in [-0.2, -0.15) is 5.26 Å². The molecule has 2 heterocycles. The predicted molar refractivity (Wildman–Crippen MR) is 104 cm³/mol. The van der Waals surface area contributed by atoms with Crippen molar-refractivity contribution < 1.29 is 9.18 Å². The number of benzene rings is 2. The van der Waals surface area contributed by atoms with Gasteiger partial charge in [-0.1, -0.05) is 47.6 Å². The van der Waals surface area contributed by atoms with Gasteiger partial charge in [-0.3, -0.25) is 9.69 Å². The molecule has 2 aliphatic rings. The van der Waals surface area contributed by atoms with E-state index in [1.807, 2.05) is 23.1 Å². The second kappa shape index (κ2) is 7.26. The molecule has 0 spiro atoms. The first kappa shape index (κ1) is 17.9. The second-order valence-electron chi connectivity index (χ2n) is 6.37. The first-order valence-corrected chi connectivity index (χ1v) is 9.77. The number of nitrogens with zero attached hydrogens (tertiary/aromatic N) is 3. The maximum Gasteiger partial charge on any atom is 0.229 e. The van der Waals surface area contributed by atoms with Gasteiger partial charge in [0.2, 0.25) is 5.91 Å². The summed E-state index contributed by atoms with van der Waals surface area (Å²) in [6.07, 6.45) is 0.0806. The van der Waals surface area contributed by atoms with Crippen LogP contribution >= 0.6 is 23.4 Å². The molecule has 0 unspecified atom stereocenters. The lowest BCUT2D eigenvalue weighted by molar-refractivity contribution is -0.129. The molecule has 0 N–H and O–H groups in total. The monoisotopic (exact) mass is 399 g/mol. The number of nitriles is 1. The highest BCUT2D eigenvalue weighted by molar-refractivity contribution is 8.03. The highest BCUT2D eigenvalue weighted by Gasteiger charge is 2.39. The number of rotatable bonds is 2. The highest BCUT2D eigenvalue weighted by Crippen LogP contribution is 2.43. The molecule has 0 saturated carbocycles. The van der Waals surface area contributed by atoms with Gasteiger partial charge in [-0.15, -0.1) is 0 Å². The van der Waals surface area contributed by atoms with Crippen LogP contribution in [0.1, 0.15) is 17.9 Å². The average Bonchev–Trinajstić information content (AvgIpc) is 2.68. The summed E-state index contributed by atoms with van der Waals surface area (Å²) in [6, 6.07) is 16.0. The lowest BCUT2D eigenvalue weighted by atomic mass is 9.86. The van der Waals surface area contributed by atoms with Crippen LogP contribution in [0.5, 0.6) is 0 Å². The summed E-state index contributed by atoms with van der Waals surface area (Å²) < 4.78 is 14.3. The Morgan fingerprint density at radius 2 is 2.04 bits per heavy atom. The van der Waals surface area contributed by atoms with Gasteiger partial charge in [0.1, 0.15) is 5.82 Å². The van der Waals surface area contributed by atoms with Gasteiger partial charge in [0, 0.05) is 23.0 Å². The van der Waals surface area contributed by atoms with Gasteiger partial charge in [0.15, 0.2) is 0 Å². The van der Waals surface area contributed by atoms with E-state index in [4.69, 9.17) is 11.6 Å². The van der Waals surface area contributed by atoms with Crippen LogP contribution in [0.4, 0.5) is 10.1 Å². The first-order valence-electron chi connectivity index (χ1n) is 8.41. The Kier molecular flexibility index (Phi) is 4.81. The van der Waals surface area contributed by atoms with Gasteiger partial charge in [0.05, 0.1) is 29.2 Å². The molecular formula is C20H15ClFN3OS. The normalized spacial score (nSPS) is 19.7. The number of halogens is 2. The van der Waals surface area contributed by atoms with E-state index in [1.54, 1.807) is 29.2 Å². The highest BCUT2D eigenvalue weighted by atomic mass is 35.5. The maximum absolute atomic E-state index is 14.3. The van der Waals surface area contributed by atoms with E-state index in [-0.39, 0.29) is 12.3 Å². The number of carbonyl (C=O) groups is 1. The molecular weight excluding hydrogens is 385 g/mol. The van der Waals surface area contributed by atoms with Crippen molar-refractivity contribution in [3.05, 3.63) is 75.5 Å². The molecule has 1 fully saturated rings. The summed E-state index contributed by atoms with van der Waals surface area (Å²) in [4.78, 5) is 16.5. The topological polar surface area (TPSA) is 47.3 Å². The SMILES string of the molecule is N#CC1=C2SCN(c3cccc(Cl)c3)CN2C(=O)C[C@H]1c1ccccc1F. The quantitative estimate of drug-likeness (QED) is 0.734. The van der Waals surface area contributed by atoms with E-state index in [0.29, 0.717) is 33.7 Å². The van der Waals surface area contributed by atoms with E-state index in [9.17, 15) is 14.4 Å². The van der Waals surface area contributed by atoms with Crippen LogP contribution in [0.15, 0.2) is 59.1 Å². The Bertz CT molecular complexity index is 987. The van der Waals surface area contributed by atoms with Crippen molar-refractivity contribution in [1.82, 2.24) is 4.90 Å². The van der Waals surface area contributed by atoms with Gasteiger partial charge >= 0.3 is 0 Å². The van der Waals surface area contributed by atoms with Crippen LogP contribution in [0.25, 0.3) is 0 Å². The minimum Gasteiger partial charge on any atom is -0.344 e. The number of hydrogen-bond donors (Lipinski definition) is 0. The summed E-state index contributed by atoms with van der Waals surface area (Å²) in [5, 5.41) is 11.0. The average molecular weight is 400 g/mol. The van der Waals surface area contributed by atoms with Crippen LogP contribution in [-0.4, -0.2) is 23.4 Å². The molecule has 0 bridgehead atoms. The Balaban J connectivity index is 1.69. The molecule has 27 heavy (non-hydrogen) atoms. The van der Waals surface area contributed by atoms with Crippen molar-refractivity contribution in [3.63, 3.8) is 0 Å². The first-order chi connectivity index (χ1) is 13.1. The van der Waals surface area contributed by atoms with Crippen molar-refractivity contribution in [1.29, 1.82) is 5.26 Å². The smallest absolute Gasteiger partial charge is 0.229 e. The second-order valence-corrected chi connectivity index (χ2v) is 7.74. The number of amides is 1. The molecule has 7 heteroatoms. The molecule has 2 aromatic rings. The number of allylic oxidation sites excluding steroid dienone is 1. The van der Waals surface area contributed by atoms with E-state index in [0.717, 1.165) is 5.69 Å².